The molecule has 0 aromatic carbocycles. The summed E-state index contributed by atoms with van der Waals surface area (Å²) < 4.78 is 1.91. The van der Waals surface area contributed by atoms with Gasteiger partial charge in [-0.2, -0.15) is 0 Å². The van der Waals surface area contributed by atoms with Crippen molar-refractivity contribution in [2.75, 3.05) is 26.2 Å². The number of piperidine rings is 1. The fraction of sp³-hybridized carbons (Fsp3) is 0.588. The van der Waals surface area contributed by atoms with Gasteiger partial charge in [-0.15, -0.1) is 17.5 Å². The molecule has 6 nitrogen and oxygen atoms in total. The van der Waals surface area contributed by atoms with Gasteiger partial charge in [0.25, 0.3) is 0 Å². The molecule has 4 rings (SSSR count). The monoisotopic (exact) mass is 348 g/mol. The van der Waals surface area contributed by atoms with Crippen molar-refractivity contribution in [1.29, 1.82) is 0 Å². The van der Waals surface area contributed by atoms with Gasteiger partial charge in [0.15, 0.2) is 0 Å². The number of hydrogen-bond acceptors (Lipinski definition) is 5. The van der Waals surface area contributed by atoms with E-state index in [0.717, 1.165) is 24.3 Å². The molecular formula is C17H25ClN6. The first-order valence-corrected chi connectivity index (χ1v) is 8.52. The third-order valence-corrected chi connectivity index (χ3v) is 5.22. The molecule has 2 aromatic rings. The minimum absolute atomic E-state index is 0. The molecule has 1 spiro atoms. The first kappa shape index (κ1) is 17.3. The average Bonchev–Trinajstić information content (AvgIpc) is 3.17. The largest absolute Gasteiger partial charge is 0.317 e. The smallest absolute Gasteiger partial charge is 0.0967 e. The number of likely N-dealkylation sites (tertiary alicyclic amines) is 1. The zero-order valence-electron chi connectivity index (χ0n) is 13.9. The van der Waals surface area contributed by atoms with Crippen molar-refractivity contribution in [3.63, 3.8) is 0 Å². The van der Waals surface area contributed by atoms with Crippen LogP contribution in [0.4, 0.5) is 0 Å². The van der Waals surface area contributed by atoms with Crippen LogP contribution in [0.5, 0.6) is 0 Å². The van der Waals surface area contributed by atoms with E-state index in [4.69, 9.17) is 0 Å². The molecule has 2 aliphatic heterocycles. The van der Waals surface area contributed by atoms with E-state index >= 15 is 0 Å². The molecule has 2 saturated heterocycles. The first-order valence-electron chi connectivity index (χ1n) is 8.52. The summed E-state index contributed by atoms with van der Waals surface area (Å²) >= 11 is 0. The van der Waals surface area contributed by atoms with Crippen molar-refractivity contribution >= 4 is 12.4 Å². The van der Waals surface area contributed by atoms with E-state index in [1.54, 1.807) is 6.20 Å². The Bertz CT molecular complexity index is 638. The van der Waals surface area contributed by atoms with Crippen LogP contribution >= 0.6 is 12.4 Å². The van der Waals surface area contributed by atoms with Crippen LogP contribution in [0, 0.1) is 5.41 Å². The Labute approximate surface area is 149 Å². The van der Waals surface area contributed by atoms with E-state index < -0.39 is 0 Å². The van der Waals surface area contributed by atoms with Gasteiger partial charge in [0.1, 0.15) is 0 Å². The van der Waals surface area contributed by atoms with Gasteiger partial charge in [0.05, 0.1) is 18.4 Å². The quantitative estimate of drug-likeness (QED) is 0.911. The SMILES string of the molecule is Cl.c1cncc(Cn2cc(CN3CCC4(CCNCC4)C3)nn2)c1. The molecule has 0 amide bonds. The van der Waals surface area contributed by atoms with E-state index in [0.29, 0.717) is 5.41 Å². The molecule has 7 heteroatoms. The van der Waals surface area contributed by atoms with Crippen molar-refractivity contribution in [1.82, 2.24) is 30.2 Å². The topological polar surface area (TPSA) is 58.9 Å². The third-order valence-electron chi connectivity index (χ3n) is 5.22. The molecule has 0 aliphatic carbocycles. The number of halogens is 1. The van der Waals surface area contributed by atoms with Crippen LogP contribution < -0.4 is 5.32 Å². The minimum Gasteiger partial charge on any atom is -0.317 e. The summed E-state index contributed by atoms with van der Waals surface area (Å²) in [6.07, 6.45) is 9.70. The van der Waals surface area contributed by atoms with Gasteiger partial charge in [-0.25, -0.2) is 4.68 Å². The average molecular weight is 349 g/mol. The molecule has 2 aliphatic rings. The van der Waals surface area contributed by atoms with Gasteiger partial charge < -0.3 is 5.32 Å². The summed E-state index contributed by atoms with van der Waals surface area (Å²) in [4.78, 5) is 6.69. The van der Waals surface area contributed by atoms with Crippen LogP contribution in [0.25, 0.3) is 0 Å². The summed E-state index contributed by atoms with van der Waals surface area (Å²) in [7, 11) is 0. The minimum atomic E-state index is 0. The lowest BCUT2D eigenvalue weighted by molar-refractivity contribution is 0.193. The Balaban J connectivity index is 0.00000169. The fourth-order valence-electron chi connectivity index (χ4n) is 3.92. The Hall–Kier alpha value is -1.50. The zero-order chi connectivity index (χ0) is 15.5. The Morgan fingerprint density at radius 1 is 1.17 bits per heavy atom. The molecule has 2 fully saturated rings. The van der Waals surface area contributed by atoms with Crippen LogP contribution in [0.3, 0.4) is 0 Å². The lowest BCUT2D eigenvalue weighted by Gasteiger charge is -2.33. The number of rotatable bonds is 4. The van der Waals surface area contributed by atoms with E-state index in [1.165, 1.54) is 45.4 Å². The number of hydrogen-bond donors (Lipinski definition) is 1. The Kier molecular flexibility index (Phi) is 5.48. The Morgan fingerprint density at radius 2 is 2.04 bits per heavy atom. The van der Waals surface area contributed by atoms with Gasteiger partial charge in [-0.3, -0.25) is 9.88 Å². The second-order valence-electron chi connectivity index (χ2n) is 6.98. The predicted molar refractivity (Wildman–Crippen MR) is 95.0 cm³/mol. The van der Waals surface area contributed by atoms with Crippen molar-refractivity contribution in [2.45, 2.75) is 32.4 Å². The van der Waals surface area contributed by atoms with Gasteiger partial charge in [0, 0.05) is 25.5 Å². The summed E-state index contributed by atoms with van der Waals surface area (Å²) in [5.41, 5.74) is 2.77. The molecule has 0 saturated carbocycles. The summed E-state index contributed by atoms with van der Waals surface area (Å²) in [5, 5.41) is 12.1. The third kappa shape index (κ3) is 3.94. The van der Waals surface area contributed by atoms with E-state index in [9.17, 15) is 0 Å². The van der Waals surface area contributed by atoms with Crippen LogP contribution in [-0.2, 0) is 13.1 Å². The normalized spacial score (nSPS) is 20.2. The summed E-state index contributed by atoms with van der Waals surface area (Å²) in [5.74, 6) is 0. The van der Waals surface area contributed by atoms with Gasteiger partial charge in [-0.05, 0) is 55.9 Å². The van der Waals surface area contributed by atoms with E-state index in [1.807, 2.05) is 16.9 Å². The number of nitrogens with zero attached hydrogens (tertiary/aromatic N) is 5. The molecule has 0 unspecified atom stereocenters. The molecule has 24 heavy (non-hydrogen) atoms. The van der Waals surface area contributed by atoms with Gasteiger partial charge in [0.2, 0.25) is 0 Å². The van der Waals surface area contributed by atoms with Gasteiger partial charge >= 0.3 is 0 Å². The maximum atomic E-state index is 4.35. The highest BCUT2D eigenvalue weighted by Gasteiger charge is 2.38. The van der Waals surface area contributed by atoms with E-state index in [-0.39, 0.29) is 12.4 Å². The molecular weight excluding hydrogens is 324 g/mol. The fourth-order valence-corrected chi connectivity index (χ4v) is 3.92. The number of pyridine rings is 1. The highest BCUT2D eigenvalue weighted by molar-refractivity contribution is 5.85. The van der Waals surface area contributed by atoms with Crippen LogP contribution in [0.15, 0.2) is 30.7 Å². The molecule has 0 atom stereocenters. The first-order chi connectivity index (χ1) is 11.3. The highest BCUT2D eigenvalue weighted by atomic mass is 35.5. The summed E-state index contributed by atoms with van der Waals surface area (Å²) in [6, 6.07) is 4.02. The van der Waals surface area contributed by atoms with Crippen LogP contribution in [0.2, 0.25) is 0 Å². The zero-order valence-corrected chi connectivity index (χ0v) is 14.7. The lowest BCUT2D eigenvalue weighted by Crippen LogP contribution is -2.38. The number of nitrogens with one attached hydrogen (secondary N) is 1. The highest BCUT2D eigenvalue weighted by Crippen LogP contribution is 2.38. The van der Waals surface area contributed by atoms with Crippen molar-refractivity contribution in [3.8, 4) is 0 Å². The standard InChI is InChI=1S/C17H24N6.ClH/c1-2-15(10-19-6-1)11-23-13-16(20-21-23)12-22-9-5-17(14-22)3-7-18-8-4-17;/h1-2,6,10,13,18H,3-5,7-9,11-12,14H2;1H. The maximum Gasteiger partial charge on any atom is 0.0967 e. The lowest BCUT2D eigenvalue weighted by atomic mass is 9.78. The van der Waals surface area contributed by atoms with Crippen molar-refractivity contribution < 1.29 is 0 Å². The molecule has 0 bridgehead atoms. The molecule has 0 radical (unpaired) electrons. The second kappa shape index (κ2) is 7.59. The maximum absolute atomic E-state index is 4.35. The number of aromatic nitrogens is 4. The predicted octanol–water partition coefficient (Wildman–Crippen LogP) is 1.72. The molecule has 130 valence electrons. The summed E-state index contributed by atoms with van der Waals surface area (Å²) in [6.45, 7) is 6.41. The molecule has 4 heterocycles. The van der Waals surface area contributed by atoms with E-state index in [2.05, 4.69) is 37.8 Å². The van der Waals surface area contributed by atoms with Crippen molar-refractivity contribution in [3.05, 3.63) is 42.0 Å². The second-order valence-corrected chi connectivity index (χ2v) is 6.98. The molecule has 2 aromatic heterocycles. The Morgan fingerprint density at radius 3 is 2.83 bits per heavy atom. The van der Waals surface area contributed by atoms with Crippen LogP contribution in [-0.4, -0.2) is 51.1 Å². The van der Waals surface area contributed by atoms with Gasteiger partial charge in [-0.1, -0.05) is 11.3 Å². The molecule has 1 N–H and O–H groups in total. The van der Waals surface area contributed by atoms with Crippen molar-refractivity contribution in [2.24, 2.45) is 5.41 Å². The van der Waals surface area contributed by atoms with Crippen LogP contribution in [0.1, 0.15) is 30.5 Å².